The van der Waals surface area contributed by atoms with Gasteiger partial charge in [0.05, 0.1) is 6.54 Å². The van der Waals surface area contributed by atoms with E-state index in [9.17, 15) is 9.59 Å². The quantitative estimate of drug-likeness (QED) is 0.625. The third kappa shape index (κ3) is 2.29. The first-order chi connectivity index (χ1) is 10.1. The summed E-state index contributed by atoms with van der Waals surface area (Å²) in [6.07, 6.45) is 0. The summed E-state index contributed by atoms with van der Waals surface area (Å²) in [5, 5.41) is 0. The number of aryl methyl sites for hydroxylation is 1. The van der Waals surface area contributed by atoms with Crippen molar-refractivity contribution in [2.75, 3.05) is 5.43 Å². The molecular weight excluding hydrogens is 290 g/mol. The smallest absolute Gasteiger partial charge is 0.319 e. The van der Waals surface area contributed by atoms with Crippen molar-refractivity contribution in [2.24, 2.45) is 7.05 Å². The summed E-state index contributed by atoms with van der Waals surface area (Å²) in [5.74, 6) is 0. The van der Waals surface area contributed by atoms with Crippen molar-refractivity contribution in [3.8, 4) is 0 Å². The van der Waals surface area contributed by atoms with Crippen molar-refractivity contribution in [3.63, 3.8) is 0 Å². The van der Waals surface area contributed by atoms with Crippen LogP contribution in [0, 0.1) is 4.77 Å². The highest BCUT2D eigenvalue weighted by molar-refractivity contribution is 7.71. The second kappa shape index (κ2) is 5.06. The number of nitrogens with one attached hydrogen (secondary N) is 3. The Bertz CT molecular complexity index is 964. The largest absolute Gasteiger partial charge is 0.329 e. The molecule has 0 fully saturated rings. The molecule has 0 bridgehead atoms. The van der Waals surface area contributed by atoms with Crippen LogP contribution in [0.15, 0.2) is 39.9 Å². The van der Waals surface area contributed by atoms with Gasteiger partial charge in [0.15, 0.2) is 10.3 Å². The van der Waals surface area contributed by atoms with E-state index in [1.165, 1.54) is 9.24 Å². The maximum Gasteiger partial charge on any atom is 0.329 e. The predicted octanol–water partition coefficient (Wildman–Crippen LogP) is 0.830. The van der Waals surface area contributed by atoms with Crippen molar-refractivity contribution in [1.29, 1.82) is 0 Å². The average Bonchev–Trinajstić information content (AvgIpc) is 2.81. The van der Waals surface area contributed by atoms with E-state index in [1.54, 1.807) is 7.05 Å². The fourth-order valence-corrected chi connectivity index (χ4v) is 2.39. The lowest BCUT2D eigenvalue weighted by Gasteiger charge is -2.08. The van der Waals surface area contributed by atoms with Crippen LogP contribution in [0.4, 0.5) is 0 Å². The molecule has 3 aromatic rings. The number of rotatable bonds is 3. The standard InChI is InChI=1S/C13H13N5O2S/c1-17-10-9(11(19)16-12(17)20)18(13(21)15-10)14-7-8-5-3-2-4-6-8/h2-6,14H,7H2,1H3,(H,15,21)(H,16,19,20). The second-order valence-corrected chi connectivity index (χ2v) is 4.99. The Morgan fingerprint density at radius 1 is 1.19 bits per heavy atom. The Balaban J connectivity index is 2.09. The van der Waals surface area contributed by atoms with Gasteiger partial charge in [0.2, 0.25) is 0 Å². The summed E-state index contributed by atoms with van der Waals surface area (Å²) in [6, 6.07) is 9.72. The molecule has 0 saturated heterocycles. The van der Waals surface area contributed by atoms with E-state index in [4.69, 9.17) is 12.2 Å². The van der Waals surface area contributed by atoms with Crippen molar-refractivity contribution >= 4 is 23.4 Å². The van der Waals surface area contributed by atoms with Gasteiger partial charge < -0.3 is 10.4 Å². The van der Waals surface area contributed by atoms with Crippen LogP contribution in [0.2, 0.25) is 0 Å². The minimum absolute atomic E-state index is 0.290. The second-order valence-electron chi connectivity index (χ2n) is 4.60. The summed E-state index contributed by atoms with van der Waals surface area (Å²) >= 11 is 5.21. The molecule has 7 nitrogen and oxygen atoms in total. The molecule has 108 valence electrons. The van der Waals surface area contributed by atoms with Crippen molar-refractivity contribution in [1.82, 2.24) is 19.2 Å². The summed E-state index contributed by atoms with van der Waals surface area (Å²) in [5.41, 5.74) is 3.84. The van der Waals surface area contributed by atoms with Crippen molar-refractivity contribution in [2.45, 2.75) is 6.54 Å². The number of imidazole rings is 1. The van der Waals surface area contributed by atoms with Crippen LogP contribution in [0.5, 0.6) is 0 Å². The van der Waals surface area contributed by atoms with Gasteiger partial charge in [0, 0.05) is 7.05 Å². The molecule has 8 heteroatoms. The van der Waals surface area contributed by atoms with Gasteiger partial charge in [-0.3, -0.25) is 14.3 Å². The van der Waals surface area contributed by atoms with Crippen LogP contribution >= 0.6 is 12.2 Å². The molecule has 21 heavy (non-hydrogen) atoms. The van der Waals surface area contributed by atoms with Gasteiger partial charge in [0.25, 0.3) is 5.56 Å². The van der Waals surface area contributed by atoms with Crippen LogP contribution in [0.3, 0.4) is 0 Å². The zero-order valence-corrected chi connectivity index (χ0v) is 12.0. The number of benzene rings is 1. The van der Waals surface area contributed by atoms with E-state index in [1.807, 2.05) is 30.3 Å². The van der Waals surface area contributed by atoms with Gasteiger partial charge in [-0.1, -0.05) is 30.3 Å². The zero-order valence-electron chi connectivity index (χ0n) is 11.2. The van der Waals surface area contributed by atoms with Crippen LogP contribution in [-0.4, -0.2) is 19.2 Å². The van der Waals surface area contributed by atoms with Crippen LogP contribution < -0.4 is 16.7 Å². The van der Waals surface area contributed by atoms with Gasteiger partial charge in [-0.05, 0) is 17.8 Å². The van der Waals surface area contributed by atoms with Gasteiger partial charge in [-0.2, -0.15) is 0 Å². The third-order valence-corrected chi connectivity index (χ3v) is 3.52. The molecule has 0 amide bonds. The minimum Gasteiger partial charge on any atom is -0.319 e. The predicted molar refractivity (Wildman–Crippen MR) is 82.5 cm³/mol. The number of aromatic nitrogens is 4. The number of fused-ring (bicyclic) bond motifs is 1. The SMILES string of the molecule is Cn1c(=O)[nH]c(=O)c2c1[nH]c(=S)n2NCc1ccccc1. The molecule has 1 aromatic carbocycles. The average molecular weight is 303 g/mol. The Kier molecular flexibility index (Phi) is 3.22. The van der Waals surface area contributed by atoms with Crippen LogP contribution in [0.25, 0.3) is 11.2 Å². The fraction of sp³-hybridized carbons (Fsp3) is 0.154. The number of aromatic amines is 2. The van der Waals surface area contributed by atoms with Crippen molar-refractivity contribution in [3.05, 3.63) is 61.5 Å². The highest BCUT2D eigenvalue weighted by Crippen LogP contribution is 2.06. The molecule has 2 aromatic heterocycles. The van der Waals surface area contributed by atoms with E-state index < -0.39 is 11.2 Å². The number of hydrogen-bond acceptors (Lipinski definition) is 4. The normalized spacial score (nSPS) is 10.9. The lowest BCUT2D eigenvalue weighted by Crippen LogP contribution is -2.30. The molecule has 0 aliphatic carbocycles. The van der Waals surface area contributed by atoms with Crippen LogP contribution in [0.1, 0.15) is 5.56 Å². The van der Waals surface area contributed by atoms with Gasteiger partial charge in [0.1, 0.15) is 5.65 Å². The number of nitrogens with zero attached hydrogens (tertiary/aromatic N) is 2. The highest BCUT2D eigenvalue weighted by Gasteiger charge is 2.12. The first-order valence-corrected chi connectivity index (χ1v) is 6.70. The van der Waals surface area contributed by atoms with E-state index in [0.29, 0.717) is 17.0 Å². The Hall–Kier alpha value is -2.61. The molecule has 0 aliphatic rings. The molecule has 0 unspecified atom stereocenters. The number of H-pyrrole nitrogens is 2. The topological polar surface area (TPSA) is 87.6 Å². The van der Waals surface area contributed by atoms with Crippen LogP contribution in [-0.2, 0) is 13.6 Å². The summed E-state index contributed by atoms with van der Waals surface area (Å²) < 4.78 is 3.12. The monoisotopic (exact) mass is 303 g/mol. The maximum absolute atomic E-state index is 12.0. The highest BCUT2D eigenvalue weighted by atomic mass is 32.1. The molecule has 3 N–H and O–H groups in total. The van der Waals surface area contributed by atoms with Crippen molar-refractivity contribution < 1.29 is 0 Å². The van der Waals surface area contributed by atoms with Gasteiger partial charge >= 0.3 is 5.69 Å². The lowest BCUT2D eigenvalue weighted by molar-refractivity contribution is 0.822. The summed E-state index contributed by atoms with van der Waals surface area (Å²) in [6.45, 7) is 0.504. The molecule has 3 rings (SSSR count). The zero-order chi connectivity index (χ0) is 15.0. The first kappa shape index (κ1) is 13.4. The molecular formula is C13H13N5O2S. The molecule has 0 radical (unpaired) electrons. The Labute approximate surface area is 123 Å². The van der Waals surface area contributed by atoms with Gasteiger partial charge in [-0.25, -0.2) is 9.47 Å². The minimum atomic E-state index is -0.487. The Morgan fingerprint density at radius 2 is 1.90 bits per heavy atom. The third-order valence-electron chi connectivity index (χ3n) is 3.24. The summed E-state index contributed by atoms with van der Waals surface area (Å²) in [7, 11) is 1.56. The maximum atomic E-state index is 12.0. The fourth-order valence-electron chi connectivity index (χ4n) is 2.13. The van der Waals surface area contributed by atoms with E-state index >= 15 is 0 Å². The number of hydrogen-bond donors (Lipinski definition) is 3. The molecule has 2 heterocycles. The van der Waals surface area contributed by atoms with Gasteiger partial charge in [-0.15, -0.1) is 0 Å². The molecule has 0 spiro atoms. The first-order valence-electron chi connectivity index (χ1n) is 6.30. The molecule has 0 saturated carbocycles. The molecule has 0 atom stereocenters. The Morgan fingerprint density at radius 3 is 2.62 bits per heavy atom. The molecule has 0 aliphatic heterocycles. The van der Waals surface area contributed by atoms with E-state index in [0.717, 1.165) is 5.56 Å². The van der Waals surface area contributed by atoms with E-state index in [-0.39, 0.29) is 5.52 Å². The summed E-state index contributed by atoms with van der Waals surface area (Å²) in [4.78, 5) is 28.7. The lowest BCUT2D eigenvalue weighted by atomic mass is 10.2. The van der Waals surface area contributed by atoms with E-state index in [2.05, 4.69) is 15.4 Å².